The first-order valence-electron chi connectivity index (χ1n) is 7.72. The van der Waals surface area contributed by atoms with E-state index in [2.05, 4.69) is 9.71 Å². The van der Waals surface area contributed by atoms with Crippen molar-refractivity contribution in [2.24, 2.45) is 0 Å². The molecule has 2 aromatic heterocycles. The number of aromatic nitrogens is 1. The number of hydrogen-bond donors (Lipinski definition) is 1. The quantitative estimate of drug-likeness (QED) is 0.814. The fourth-order valence-electron chi connectivity index (χ4n) is 2.46. The van der Waals surface area contributed by atoms with E-state index in [4.69, 9.17) is 0 Å². The molecule has 0 saturated heterocycles. The predicted molar refractivity (Wildman–Crippen MR) is 91.9 cm³/mol. The van der Waals surface area contributed by atoms with Gasteiger partial charge in [0.15, 0.2) is 0 Å². The zero-order valence-corrected chi connectivity index (χ0v) is 14.9. The van der Waals surface area contributed by atoms with E-state index in [1.165, 1.54) is 6.07 Å². The van der Waals surface area contributed by atoms with Crippen LogP contribution in [0.5, 0.6) is 0 Å². The van der Waals surface area contributed by atoms with Crippen LogP contribution in [0.1, 0.15) is 25.3 Å². The van der Waals surface area contributed by atoms with Gasteiger partial charge in [-0.3, -0.25) is 9.78 Å². The van der Waals surface area contributed by atoms with E-state index in [-0.39, 0.29) is 16.2 Å². The van der Waals surface area contributed by atoms with Crippen LogP contribution in [-0.4, -0.2) is 36.3 Å². The number of carbonyl (C=O) groups excluding carboxylic acids is 1. The van der Waals surface area contributed by atoms with Crippen LogP contribution in [-0.2, 0) is 21.4 Å². The topological polar surface area (TPSA) is 79.4 Å². The smallest absolute Gasteiger partial charge is 0.250 e. The van der Waals surface area contributed by atoms with Crippen molar-refractivity contribution in [2.45, 2.75) is 42.6 Å². The van der Waals surface area contributed by atoms with Crippen molar-refractivity contribution in [1.82, 2.24) is 14.6 Å². The maximum absolute atomic E-state index is 12.8. The Kier molecular flexibility index (Phi) is 4.98. The average Bonchev–Trinajstić information content (AvgIpc) is 3.24. The number of sulfonamides is 1. The lowest BCUT2D eigenvalue weighted by Gasteiger charge is -2.26. The molecule has 0 aromatic carbocycles. The molecule has 3 rings (SSSR count). The van der Waals surface area contributed by atoms with Crippen molar-refractivity contribution in [3.63, 3.8) is 0 Å². The van der Waals surface area contributed by atoms with Crippen LogP contribution in [0, 0.1) is 0 Å². The molecule has 24 heavy (non-hydrogen) atoms. The normalized spacial score (nSPS) is 15.9. The number of thiophene rings is 1. The number of carbonyl (C=O) groups is 1. The summed E-state index contributed by atoms with van der Waals surface area (Å²) in [5.74, 6) is -0.200. The number of pyridine rings is 1. The standard InChI is InChI=1S/C16H19N3O3S2/c1-12(18-24(21,22)15-3-2-10-23-15)16(20)19(14-4-5-14)11-13-6-8-17-9-7-13/h2-3,6-10,12,14,18H,4-5,11H2,1H3. The van der Waals surface area contributed by atoms with Crippen LogP contribution in [0.15, 0.2) is 46.2 Å². The third kappa shape index (κ3) is 4.00. The molecule has 1 aliphatic carbocycles. The Morgan fingerprint density at radius 2 is 2.08 bits per heavy atom. The SMILES string of the molecule is CC(NS(=O)(=O)c1cccs1)C(=O)N(Cc1ccncc1)C1CC1. The Balaban J connectivity index is 1.71. The van der Waals surface area contributed by atoms with Gasteiger partial charge in [0.05, 0.1) is 6.04 Å². The molecule has 1 fully saturated rings. The molecule has 8 heteroatoms. The second kappa shape index (κ2) is 7.00. The maximum Gasteiger partial charge on any atom is 0.250 e. The van der Waals surface area contributed by atoms with E-state index < -0.39 is 16.1 Å². The van der Waals surface area contributed by atoms with Gasteiger partial charge in [-0.1, -0.05) is 6.07 Å². The number of nitrogens with zero attached hydrogens (tertiary/aromatic N) is 2. The molecule has 0 spiro atoms. The molecule has 1 N–H and O–H groups in total. The van der Waals surface area contributed by atoms with Crippen LogP contribution in [0.2, 0.25) is 0 Å². The number of hydrogen-bond acceptors (Lipinski definition) is 5. The van der Waals surface area contributed by atoms with Gasteiger partial charge >= 0.3 is 0 Å². The molecule has 1 aliphatic rings. The van der Waals surface area contributed by atoms with Gasteiger partial charge in [-0.2, -0.15) is 4.72 Å². The van der Waals surface area contributed by atoms with Gasteiger partial charge in [-0.15, -0.1) is 11.3 Å². The second-order valence-electron chi connectivity index (χ2n) is 5.83. The fourth-order valence-corrected chi connectivity index (χ4v) is 4.67. The monoisotopic (exact) mass is 365 g/mol. The Labute approximate surface area is 145 Å². The molecule has 1 atom stereocenters. The van der Waals surface area contributed by atoms with Gasteiger partial charge < -0.3 is 4.90 Å². The van der Waals surface area contributed by atoms with Gasteiger partial charge in [-0.05, 0) is 48.9 Å². The second-order valence-corrected chi connectivity index (χ2v) is 8.72. The lowest BCUT2D eigenvalue weighted by molar-refractivity contribution is -0.133. The molecule has 0 radical (unpaired) electrons. The highest BCUT2D eigenvalue weighted by molar-refractivity contribution is 7.91. The van der Waals surface area contributed by atoms with Crippen LogP contribution in [0.4, 0.5) is 0 Å². The summed E-state index contributed by atoms with van der Waals surface area (Å²) in [5, 5.41) is 1.70. The highest BCUT2D eigenvalue weighted by Gasteiger charge is 2.35. The summed E-state index contributed by atoms with van der Waals surface area (Å²) >= 11 is 1.13. The molecule has 1 unspecified atom stereocenters. The molecule has 0 bridgehead atoms. The summed E-state index contributed by atoms with van der Waals surface area (Å²) in [4.78, 5) is 18.5. The first-order chi connectivity index (χ1) is 11.5. The molecule has 0 aliphatic heterocycles. The first kappa shape index (κ1) is 17.1. The predicted octanol–water partition coefficient (Wildman–Crippen LogP) is 2.00. The Morgan fingerprint density at radius 1 is 1.38 bits per heavy atom. The first-order valence-corrected chi connectivity index (χ1v) is 10.1. The molecule has 1 saturated carbocycles. The van der Waals surface area contributed by atoms with Crippen molar-refractivity contribution in [3.8, 4) is 0 Å². The molecule has 6 nitrogen and oxygen atoms in total. The number of nitrogens with one attached hydrogen (secondary N) is 1. The summed E-state index contributed by atoms with van der Waals surface area (Å²) in [7, 11) is -3.66. The summed E-state index contributed by atoms with van der Waals surface area (Å²) in [6, 6.07) is 6.32. The van der Waals surface area contributed by atoms with E-state index in [9.17, 15) is 13.2 Å². The minimum atomic E-state index is -3.66. The van der Waals surface area contributed by atoms with Crippen LogP contribution in [0.25, 0.3) is 0 Å². The van der Waals surface area contributed by atoms with Crippen LogP contribution < -0.4 is 4.72 Å². The van der Waals surface area contributed by atoms with Crippen LogP contribution in [0.3, 0.4) is 0 Å². The number of amides is 1. The van der Waals surface area contributed by atoms with Crippen molar-refractivity contribution in [1.29, 1.82) is 0 Å². The fraction of sp³-hybridized carbons (Fsp3) is 0.375. The summed E-state index contributed by atoms with van der Waals surface area (Å²) in [6.45, 7) is 2.06. The van der Waals surface area contributed by atoms with E-state index in [1.54, 1.807) is 35.7 Å². The van der Waals surface area contributed by atoms with Crippen molar-refractivity contribution in [2.75, 3.05) is 0 Å². The van der Waals surface area contributed by atoms with E-state index in [0.717, 1.165) is 29.7 Å². The summed E-state index contributed by atoms with van der Waals surface area (Å²) in [6.07, 6.45) is 5.30. The Hall–Kier alpha value is -1.77. The summed E-state index contributed by atoms with van der Waals surface area (Å²) in [5.41, 5.74) is 0.985. The highest BCUT2D eigenvalue weighted by atomic mass is 32.2. The molecular weight excluding hydrogens is 346 g/mol. The van der Waals surface area contributed by atoms with Gasteiger partial charge in [0.25, 0.3) is 10.0 Å². The van der Waals surface area contributed by atoms with Gasteiger partial charge in [0.1, 0.15) is 4.21 Å². The van der Waals surface area contributed by atoms with Crippen molar-refractivity contribution < 1.29 is 13.2 Å². The molecule has 1 amide bonds. The molecule has 2 aromatic rings. The lowest BCUT2D eigenvalue weighted by Crippen LogP contribution is -2.47. The van der Waals surface area contributed by atoms with E-state index in [1.807, 2.05) is 12.1 Å². The Morgan fingerprint density at radius 3 is 2.67 bits per heavy atom. The van der Waals surface area contributed by atoms with Crippen molar-refractivity contribution in [3.05, 3.63) is 47.6 Å². The lowest BCUT2D eigenvalue weighted by atomic mass is 10.2. The van der Waals surface area contributed by atoms with Gasteiger partial charge in [-0.25, -0.2) is 8.42 Å². The largest absolute Gasteiger partial charge is 0.334 e. The molecule has 2 heterocycles. The molecular formula is C16H19N3O3S2. The van der Waals surface area contributed by atoms with Gasteiger partial charge in [0.2, 0.25) is 5.91 Å². The molecule has 128 valence electrons. The zero-order chi connectivity index (χ0) is 17.2. The number of rotatable bonds is 7. The summed E-state index contributed by atoms with van der Waals surface area (Å²) < 4.78 is 27.3. The van der Waals surface area contributed by atoms with E-state index >= 15 is 0 Å². The van der Waals surface area contributed by atoms with Gasteiger partial charge in [0, 0.05) is 25.0 Å². The van der Waals surface area contributed by atoms with E-state index in [0.29, 0.717) is 6.54 Å². The maximum atomic E-state index is 12.8. The van der Waals surface area contributed by atoms with Crippen molar-refractivity contribution >= 4 is 27.3 Å². The minimum Gasteiger partial charge on any atom is -0.334 e. The minimum absolute atomic E-state index is 0.194. The third-order valence-corrected chi connectivity index (χ3v) is 6.77. The highest BCUT2D eigenvalue weighted by Crippen LogP contribution is 2.29. The van der Waals surface area contributed by atoms with Crippen LogP contribution >= 0.6 is 11.3 Å². The Bertz CT molecular complexity index is 787. The average molecular weight is 365 g/mol. The third-order valence-electron chi connectivity index (χ3n) is 3.84. The zero-order valence-electron chi connectivity index (χ0n) is 13.3.